The van der Waals surface area contributed by atoms with E-state index in [4.69, 9.17) is 5.11 Å². The Labute approximate surface area is 126 Å². The Morgan fingerprint density at radius 2 is 2.27 bits per heavy atom. The van der Waals surface area contributed by atoms with Crippen molar-refractivity contribution < 1.29 is 9.90 Å². The van der Waals surface area contributed by atoms with E-state index >= 15 is 0 Å². The quantitative estimate of drug-likeness (QED) is 0.881. The molecule has 6 heteroatoms. The van der Waals surface area contributed by atoms with Crippen LogP contribution in [0.5, 0.6) is 0 Å². The average Bonchev–Trinajstić information content (AvgIpc) is 3.12. The van der Waals surface area contributed by atoms with E-state index in [0.29, 0.717) is 28.8 Å². The molecule has 2 fully saturated rings. The first kappa shape index (κ1) is 13.5. The molecule has 3 atom stereocenters. The first-order valence-corrected chi connectivity index (χ1v) is 7.56. The van der Waals surface area contributed by atoms with E-state index in [-0.39, 0.29) is 12.1 Å². The molecule has 1 aromatic heterocycles. The molecule has 22 heavy (non-hydrogen) atoms. The van der Waals surface area contributed by atoms with E-state index in [1.807, 2.05) is 18.2 Å². The highest BCUT2D eigenvalue weighted by atomic mass is 16.4. The van der Waals surface area contributed by atoms with E-state index in [9.17, 15) is 9.59 Å². The molecule has 4 rings (SSSR count). The van der Waals surface area contributed by atoms with Gasteiger partial charge in [0.25, 0.3) is 5.56 Å². The first-order valence-electron chi connectivity index (χ1n) is 7.56. The summed E-state index contributed by atoms with van der Waals surface area (Å²) in [5, 5.41) is 13.0. The summed E-state index contributed by atoms with van der Waals surface area (Å²) in [6.07, 6.45) is 3.62. The van der Waals surface area contributed by atoms with E-state index in [1.165, 1.54) is 22.9 Å². The first-order chi connectivity index (χ1) is 10.6. The van der Waals surface area contributed by atoms with Crippen LogP contribution in [0.15, 0.2) is 29.3 Å². The third kappa shape index (κ3) is 2.11. The molecule has 2 aliphatic rings. The van der Waals surface area contributed by atoms with Gasteiger partial charge in [-0.05, 0) is 48.9 Å². The van der Waals surface area contributed by atoms with Crippen LogP contribution < -0.4 is 10.9 Å². The molecular weight excluding hydrogens is 282 g/mol. The Kier molecular flexibility index (Phi) is 3.00. The second-order valence-electron chi connectivity index (χ2n) is 6.29. The fourth-order valence-electron chi connectivity index (χ4n) is 3.98. The van der Waals surface area contributed by atoms with Crippen molar-refractivity contribution in [2.75, 3.05) is 6.54 Å². The molecule has 1 saturated heterocycles. The SMILES string of the molecule is O=C(O)Cn1cnc(=O)c2cc(C3C[C@@H]4C[C@@H]3CN4)ccc21. The lowest BCUT2D eigenvalue weighted by atomic mass is 9.87. The zero-order valence-corrected chi connectivity index (χ0v) is 12.0. The van der Waals surface area contributed by atoms with Gasteiger partial charge in [-0.3, -0.25) is 9.59 Å². The molecule has 1 aliphatic heterocycles. The minimum Gasteiger partial charge on any atom is -0.480 e. The third-order valence-electron chi connectivity index (χ3n) is 4.97. The molecule has 2 N–H and O–H groups in total. The summed E-state index contributed by atoms with van der Waals surface area (Å²) in [5.74, 6) is 0.179. The average molecular weight is 299 g/mol. The van der Waals surface area contributed by atoms with E-state index < -0.39 is 5.97 Å². The standard InChI is InChI=1S/C16H17N3O3/c20-15(21)7-19-8-18-16(22)13-4-9(1-2-14(13)19)12-5-11-3-10(12)6-17-11/h1-2,4,8,10-12,17H,3,5-7H2,(H,20,21)/t10-,11+,12?/m1/s1. The molecule has 0 amide bonds. The summed E-state index contributed by atoms with van der Waals surface area (Å²) < 4.78 is 1.51. The second-order valence-corrected chi connectivity index (χ2v) is 6.29. The van der Waals surface area contributed by atoms with Gasteiger partial charge in [0.1, 0.15) is 6.54 Å². The molecule has 1 unspecified atom stereocenters. The van der Waals surface area contributed by atoms with Crippen molar-refractivity contribution in [3.8, 4) is 0 Å². The number of fused-ring (bicyclic) bond motifs is 3. The maximum absolute atomic E-state index is 12.1. The van der Waals surface area contributed by atoms with Gasteiger partial charge in [-0.15, -0.1) is 0 Å². The number of aliphatic carboxylic acids is 1. The number of hydrogen-bond acceptors (Lipinski definition) is 4. The number of aromatic nitrogens is 2. The van der Waals surface area contributed by atoms with Crippen molar-refractivity contribution in [3.63, 3.8) is 0 Å². The van der Waals surface area contributed by atoms with E-state index in [0.717, 1.165) is 13.0 Å². The van der Waals surface area contributed by atoms with Crippen molar-refractivity contribution in [1.82, 2.24) is 14.9 Å². The fraction of sp³-hybridized carbons (Fsp3) is 0.438. The Morgan fingerprint density at radius 1 is 1.41 bits per heavy atom. The van der Waals surface area contributed by atoms with Gasteiger partial charge >= 0.3 is 5.97 Å². The van der Waals surface area contributed by atoms with Crippen molar-refractivity contribution in [3.05, 3.63) is 40.4 Å². The molecule has 6 nitrogen and oxygen atoms in total. The van der Waals surface area contributed by atoms with Crippen LogP contribution in [0.4, 0.5) is 0 Å². The van der Waals surface area contributed by atoms with Gasteiger partial charge in [0, 0.05) is 6.04 Å². The van der Waals surface area contributed by atoms with E-state index in [1.54, 1.807) is 0 Å². The lowest BCUT2D eigenvalue weighted by Crippen LogP contribution is -2.28. The molecule has 1 saturated carbocycles. The smallest absolute Gasteiger partial charge is 0.323 e. The maximum atomic E-state index is 12.1. The highest BCUT2D eigenvalue weighted by molar-refractivity contribution is 5.80. The van der Waals surface area contributed by atoms with Crippen molar-refractivity contribution >= 4 is 16.9 Å². The largest absolute Gasteiger partial charge is 0.480 e. The van der Waals surface area contributed by atoms with Crippen LogP contribution in [-0.4, -0.2) is 33.2 Å². The van der Waals surface area contributed by atoms with Gasteiger partial charge in [0.2, 0.25) is 0 Å². The third-order valence-corrected chi connectivity index (χ3v) is 4.97. The molecule has 2 aromatic rings. The van der Waals surface area contributed by atoms with Crippen molar-refractivity contribution in [1.29, 1.82) is 0 Å². The molecule has 114 valence electrons. The number of carbonyl (C=O) groups is 1. The van der Waals surface area contributed by atoms with Crippen LogP contribution in [0.25, 0.3) is 10.9 Å². The van der Waals surface area contributed by atoms with Gasteiger partial charge in [0.05, 0.1) is 17.2 Å². The molecular formula is C16H17N3O3. The summed E-state index contributed by atoms with van der Waals surface area (Å²) in [5.41, 5.74) is 1.51. The highest BCUT2D eigenvalue weighted by Gasteiger charge is 2.40. The Morgan fingerprint density at radius 3 is 2.95 bits per heavy atom. The number of nitrogens with zero attached hydrogens (tertiary/aromatic N) is 2. The summed E-state index contributed by atoms with van der Waals surface area (Å²) in [6.45, 7) is 0.852. The number of carboxylic acids is 1. The minimum absolute atomic E-state index is 0.193. The molecule has 1 aromatic carbocycles. The molecule has 2 heterocycles. The molecule has 0 radical (unpaired) electrons. The molecule has 1 aliphatic carbocycles. The second kappa shape index (κ2) is 4.91. The van der Waals surface area contributed by atoms with Crippen LogP contribution in [0.3, 0.4) is 0 Å². The summed E-state index contributed by atoms with van der Waals surface area (Å²) >= 11 is 0. The van der Waals surface area contributed by atoms with Gasteiger partial charge in [-0.25, -0.2) is 0 Å². The molecule has 0 spiro atoms. The number of benzene rings is 1. The van der Waals surface area contributed by atoms with Crippen LogP contribution in [-0.2, 0) is 11.3 Å². The fourth-order valence-corrected chi connectivity index (χ4v) is 3.98. The number of carboxylic acid groups (broad SMARTS) is 1. The van der Waals surface area contributed by atoms with Gasteiger partial charge in [-0.2, -0.15) is 4.98 Å². The Hall–Kier alpha value is -2.21. The zero-order valence-electron chi connectivity index (χ0n) is 12.0. The topological polar surface area (TPSA) is 84.2 Å². The maximum Gasteiger partial charge on any atom is 0.323 e. The summed E-state index contributed by atoms with van der Waals surface area (Å²) in [4.78, 5) is 26.8. The minimum atomic E-state index is -0.949. The van der Waals surface area contributed by atoms with Gasteiger partial charge in [0.15, 0.2) is 0 Å². The monoisotopic (exact) mass is 299 g/mol. The molecule has 2 bridgehead atoms. The highest BCUT2D eigenvalue weighted by Crippen LogP contribution is 2.43. The van der Waals surface area contributed by atoms with Crippen LogP contribution in [0, 0.1) is 5.92 Å². The lowest BCUT2D eigenvalue weighted by molar-refractivity contribution is -0.137. The number of hydrogen-bond donors (Lipinski definition) is 2. The summed E-state index contributed by atoms with van der Waals surface area (Å²) in [6, 6.07) is 6.40. The van der Waals surface area contributed by atoms with Crippen LogP contribution in [0.2, 0.25) is 0 Å². The number of piperidine rings is 1. The number of rotatable bonds is 3. The van der Waals surface area contributed by atoms with Crippen molar-refractivity contribution in [2.45, 2.75) is 31.3 Å². The predicted octanol–water partition coefficient (Wildman–Crippen LogP) is 0.946. The van der Waals surface area contributed by atoms with Crippen LogP contribution >= 0.6 is 0 Å². The summed E-state index contributed by atoms with van der Waals surface area (Å²) in [7, 11) is 0. The zero-order chi connectivity index (χ0) is 15.3. The predicted molar refractivity (Wildman–Crippen MR) is 80.9 cm³/mol. The van der Waals surface area contributed by atoms with E-state index in [2.05, 4.69) is 10.3 Å². The number of nitrogens with one attached hydrogen (secondary N) is 1. The van der Waals surface area contributed by atoms with Crippen molar-refractivity contribution in [2.24, 2.45) is 5.92 Å². The normalized spacial score (nSPS) is 26.6. The Balaban J connectivity index is 1.79. The lowest BCUT2D eigenvalue weighted by Gasteiger charge is -2.23. The van der Waals surface area contributed by atoms with Gasteiger partial charge in [-0.1, -0.05) is 6.07 Å². The van der Waals surface area contributed by atoms with Gasteiger partial charge < -0.3 is 15.0 Å². The van der Waals surface area contributed by atoms with Crippen LogP contribution in [0.1, 0.15) is 24.3 Å². The Bertz CT molecular complexity index is 814.